The number of halogens is 4. The zero-order valence-electron chi connectivity index (χ0n) is 20.0. The number of alkyl halides is 3. The maximum Gasteiger partial charge on any atom is 0.425 e. The Labute approximate surface area is 209 Å². The number of likely N-dealkylation sites (tertiary alicyclic amines) is 2. The highest BCUT2D eigenvalue weighted by molar-refractivity contribution is 6.34. The van der Waals surface area contributed by atoms with Crippen molar-refractivity contribution in [3.8, 4) is 0 Å². The van der Waals surface area contributed by atoms with Crippen molar-refractivity contribution in [3.63, 3.8) is 0 Å². The van der Waals surface area contributed by atoms with Crippen LogP contribution in [0.25, 0.3) is 0 Å². The summed E-state index contributed by atoms with van der Waals surface area (Å²) in [6.07, 6.45) is -1.27. The topological polar surface area (TPSA) is 45.2 Å². The Balaban J connectivity index is 1.23. The first-order valence-electron chi connectivity index (χ1n) is 12.6. The first-order valence-corrected chi connectivity index (χ1v) is 13.0. The summed E-state index contributed by atoms with van der Waals surface area (Å²) in [5.74, 6) is 0. The maximum atomic E-state index is 12.8. The van der Waals surface area contributed by atoms with Crippen LogP contribution >= 0.6 is 11.6 Å². The number of hydrogen-bond donors (Lipinski definition) is 0. The van der Waals surface area contributed by atoms with E-state index in [9.17, 15) is 18.0 Å². The largest absolute Gasteiger partial charge is 0.437 e. The summed E-state index contributed by atoms with van der Waals surface area (Å²) in [6.45, 7) is 5.05. The molecule has 0 N–H and O–H groups in total. The number of carbonyl (C=O) groups is 1. The third kappa shape index (κ3) is 5.09. The molecule has 35 heavy (non-hydrogen) atoms. The number of ether oxygens (including phenoxy) is 2. The van der Waals surface area contributed by atoms with Gasteiger partial charge in [0.1, 0.15) is 0 Å². The summed E-state index contributed by atoms with van der Waals surface area (Å²) in [4.78, 5) is 18.5. The minimum absolute atomic E-state index is 0.0656. The number of morpholine rings is 1. The van der Waals surface area contributed by atoms with Crippen molar-refractivity contribution in [1.29, 1.82) is 0 Å². The van der Waals surface area contributed by atoms with Gasteiger partial charge in [-0.2, -0.15) is 13.2 Å². The van der Waals surface area contributed by atoms with Gasteiger partial charge in [-0.3, -0.25) is 4.90 Å². The van der Waals surface area contributed by atoms with E-state index >= 15 is 0 Å². The molecule has 1 amide bonds. The molecule has 4 fully saturated rings. The first kappa shape index (κ1) is 25.0. The number of hydrogen-bond acceptors (Lipinski definition) is 5. The lowest BCUT2D eigenvalue weighted by molar-refractivity contribution is -0.200. The predicted octanol–water partition coefficient (Wildman–Crippen LogP) is 5.23. The summed E-state index contributed by atoms with van der Waals surface area (Å²) in [5, 5.41) is 0.790. The summed E-state index contributed by atoms with van der Waals surface area (Å²) in [6, 6.07) is 6.23. The Morgan fingerprint density at radius 2 is 1.86 bits per heavy atom. The minimum Gasteiger partial charge on any atom is -0.437 e. The molecule has 10 heteroatoms. The van der Waals surface area contributed by atoms with E-state index in [4.69, 9.17) is 16.3 Å². The molecule has 4 aliphatic heterocycles. The van der Waals surface area contributed by atoms with E-state index in [0.717, 1.165) is 75.1 Å². The molecule has 6 nitrogen and oxygen atoms in total. The molecule has 0 saturated carbocycles. The monoisotopic (exact) mass is 515 g/mol. The van der Waals surface area contributed by atoms with Crippen molar-refractivity contribution < 1.29 is 27.4 Å². The minimum atomic E-state index is -4.55. The van der Waals surface area contributed by atoms with Crippen molar-refractivity contribution in [3.05, 3.63) is 28.8 Å². The smallest absolute Gasteiger partial charge is 0.425 e. The molecule has 0 aliphatic carbocycles. The highest BCUT2D eigenvalue weighted by atomic mass is 35.5. The molecule has 0 radical (unpaired) electrons. The number of rotatable bonds is 4. The molecule has 1 aromatic carbocycles. The number of anilines is 1. The lowest BCUT2D eigenvalue weighted by Crippen LogP contribution is -2.53. The predicted molar refractivity (Wildman–Crippen MR) is 127 cm³/mol. The molecule has 4 aliphatic rings. The zero-order valence-corrected chi connectivity index (χ0v) is 20.8. The average Bonchev–Trinajstić information content (AvgIpc) is 3.36. The fourth-order valence-electron chi connectivity index (χ4n) is 6.16. The van der Waals surface area contributed by atoms with Crippen LogP contribution in [-0.2, 0) is 16.0 Å². The van der Waals surface area contributed by atoms with Crippen LogP contribution in [0.1, 0.15) is 51.0 Å². The third-order valence-corrected chi connectivity index (χ3v) is 8.67. The van der Waals surface area contributed by atoms with Gasteiger partial charge in [-0.1, -0.05) is 23.7 Å². The van der Waals surface area contributed by atoms with Crippen molar-refractivity contribution >= 4 is 23.4 Å². The number of nitrogens with zero attached hydrogens (tertiary/aromatic N) is 3. The van der Waals surface area contributed by atoms with Gasteiger partial charge in [-0.25, -0.2) is 4.79 Å². The van der Waals surface area contributed by atoms with E-state index in [2.05, 4.69) is 32.7 Å². The highest BCUT2D eigenvalue weighted by Gasteiger charge is 2.45. The van der Waals surface area contributed by atoms with E-state index in [0.29, 0.717) is 25.9 Å². The molecule has 5 rings (SSSR count). The normalized spacial score (nSPS) is 27.5. The molecule has 3 unspecified atom stereocenters. The van der Waals surface area contributed by atoms with Crippen LogP contribution in [-0.4, -0.2) is 78.6 Å². The van der Waals surface area contributed by atoms with E-state index in [-0.39, 0.29) is 17.7 Å². The van der Waals surface area contributed by atoms with Gasteiger partial charge in [0.15, 0.2) is 6.10 Å². The summed E-state index contributed by atoms with van der Waals surface area (Å²) in [7, 11) is 0. The van der Waals surface area contributed by atoms with Gasteiger partial charge in [-0.15, -0.1) is 0 Å². The molecule has 1 aromatic rings. The molecule has 1 spiro atoms. The number of piperidine rings is 1. The van der Waals surface area contributed by atoms with Gasteiger partial charge in [0.05, 0.1) is 22.9 Å². The Kier molecular flexibility index (Phi) is 6.87. The van der Waals surface area contributed by atoms with Crippen LogP contribution in [0.2, 0.25) is 5.02 Å². The molecule has 3 atom stereocenters. The van der Waals surface area contributed by atoms with Gasteiger partial charge < -0.3 is 19.3 Å². The lowest BCUT2D eigenvalue weighted by Gasteiger charge is -2.45. The summed E-state index contributed by atoms with van der Waals surface area (Å²) < 4.78 is 49.0. The highest BCUT2D eigenvalue weighted by Crippen LogP contribution is 2.42. The Hall–Kier alpha value is -1.71. The standard InChI is InChI=1S/C25H33ClF3N3O3/c1-17(25(27,28)29)34-23(33)30-12-9-24(10-13-30)8-3-11-32(24)14-18-4-2-5-21(22(18)26)31-15-19-6-7-20(16-31)35-19/h2,4-5,17,19-20H,3,6-16H2,1H3. The Morgan fingerprint density at radius 1 is 1.17 bits per heavy atom. The van der Waals surface area contributed by atoms with Gasteiger partial charge in [0.25, 0.3) is 0 Å². The quantitative estimate of drug-likeness (QED) is 0.550. The Bertz CT molecular complexity index is 926. The molecular weight excluding hydrogens is 483 g/mol. The molecule has 194 valence electrons. The SMILES string of the molecule is CC(OC(=O)N1CCC2(CCCN2Cc2cccc(N3CC4CCC(C3)O4)c2Cl)CC1)C(F)(F)F. The summed E-state index contributed by atoms with van der Waals surface area (Å²) >= 11 is 6.94. The second-order valence-corrected chi connectivity index (χ2v) is 10.8. The molecule has 0 aromatic heterocycles. The summed E-state index contributed by atoms with van der Waals surface area (Å²) in [5.41, 5.74) is 2.09. The third-order valence-electron chi connectivity index (χ3n) is 8.24. The second-order valence-electron chi connectivity index (χ2n) is 10.4. The van der Waals surface area contributed by atoms with Gasteiger partial charge >= 0.3 is 12.3 Å². The first-order chi connectivity index (χ1) is 16.6. The van der Waals surface area contributed by atoms with Crippen molar-refractivity contribution in [2.24, 2.45) is 0 Å². The van der Waals surface area contributed by atoms with Gasteiger partial charge in [0.2, 0.25) is 0 Å². The van der Waals surface area contributed by atoms with Crippen LogP contribution < -0.4 is 4.90 Å². The van der Waals surface area contributed by atoms with Crippen LogP contribution in [0, 0.1) is 0 Å². The molecule has 4 saturated heterocycles. The van der Waals surface area contributed by atoms with Crippen molar-refractivity contribution in [2.75, 3.05) is 37.6 Å². The van der Waals surface area contributed by atoms with E-state index < -0.39 is 18.4 Å². The van der Waals surface area contributed by atoms with Crippen LogP contribution in [0.15, 0.2) is 18.2 Å². The fraction of sp³-hybridized carbons (Fsp3) is 0.720. The maximum absolute atomic E-state index is 12.8. The number of benzene rings is 1. The van der Waals surface area contributed by atoms with E-state index in [1.54, 1.807) is 0 Å². The molecule has 2 bridgehead atoms. The van der Waals surface area contributed by atoms with E-state index in [1.165, 1.54) is 4.90 Å². The average molecular weight is 516 g/mol. The number of fused-ring (bicyclic) bond motifs is 2. The number of carbonyl (C=O) groups excluding carboxylic acids is 1. The van der Waals surface area contributed by atoms with Crippen molar-refractivity contribution in [1.82, 2.24) is 9.80 Å². The van der Waals surface area contributed by atoms with Crippen LogP contribution in [0.4, 0.5) is 23.7 Å². The van der Waals surface area contributed by atoms with Crippen molar-refractivity contribution in [2.45, 2.75) is 82.0 Å². The zero-order chi connectivity index (χ0) is 24.8. The lowest BCUT2D eigenvalue weighted by atomic mass is 9.85. The van der Waals surface area contributed by atoms with Gasteiger partial charge in [0, 0.05) is 38.3 Å². The van der Waals surface area contributed by atoms with Crippen LogP contribution in [0.3, 0.4) is 0 Å². The van der Waals surface area contributed by atoms with Gasteiger partial charge in [-0.05, 0) is 63.6 Å². The second kappa shape index (κ2) is 9.63. The number of amides is 1. The van der Waals surface area contributed by atoms with E-state index in [1.807, 2.05) is 0 Å². The fourth-order valence-corrected chi connectivity index (χ4v) is 6.46. The Morgan fingerprint density at radius 3 is 2.51 bits per heavy atom. The molecular formula is C25H33ClF3N3O3. The molecule has 4 heterocycles. The van der Waals surface area contributed by atoms with Crippen LogP contribution in [0.5, 0.6) is 0 Å².